The Labute approximate surface area is 102 Å². The highest BCUT2D eigenvalue weighted by Crippen LogP contribution is 2.11. The number of anilines is 1. The van der Waals surface area contributed by atoms with Crippen LogP contribution in [-0.4, -0.2) is 21.1 Å². The van der Waals surface area contributed by atoms with Crippen molar-refractivity contribution in [3.63, 3.8) is 0 Å². The summed E-state index contributed by atoms with van der Waals surface area (Å²) in [7, 11) is 0. The summed E-state index contributed by atoms with van der Waals surface area (Å²) in [6, 6.07) is 6.01. The van der Waals surface area contributed by atoms with Gasteiger partial charge >= 0.3 is 0 Å². The Morgan fingerprint density at radius 3 is 2.71 bits per heavy atom. The smallest absolute Gasteiger partial charge is 0.243 e. The van der Waals surface area contributed by atoms with Gasteiger partial charge in [0.15, 0.2) is 5.65 Å². The van der Waals surface area contributed by atoms with Gasteiger partial charge in [0.05, 0.1) is 0 Å². The summed E-state index contributed by atoms with van der Waals surface area (Å²) in [4.78, 5) is 4.45. The zero-order valence-electron chi connectivity index (χ0n) is 10.8. The van der Waals surface area contributed by atoms with E-state index in [0.717, 1.165) is 23.8 Å². The minimum absolute atomic E-state index is 0.697. The lowest BCUT2D eigenvalue weighted by Gasteiger charge is -2.11. The average Bonchev–Trinajstić information content (AvgIpc) is 2.75. The van der Waals surface area contributed by atoms with Crippen LogP contribution in [0.1, 0.15) is 32.4 Å². The molecule has 2 rings (SSSR count). The van der Waals surface area contributed by atoms with Crippen LogP contribution in [0.5, 0.6) is 0 Å². The van der Waals surface area contributed by atoms with Crippen LogP contribution in [0, 0.1) is 12.8 Å². The zero-order chi connectivity index (χ0) is 12.3. The number of aromatic nitrogens is 3. The molecule has 17 heavy (non-hydrogen) atoms. The first-order valence-electron chi connectivity index (χ1n) is 6.30. The lowest BCUT2D eigenvalue weighted by atomic mass is 10.0. The maximum Gasteiger partial charge on any atom is 0.243 e. The van der Waals surface area contributed by atoms with Crippen molar-refractivity contribution in [3.05, 3.63) is 23.9 Å². The molecule has 0 unspecified atom stereocenters. The standard InChI is InChI=1S/C13H20N4/c1-4-11(5-2)9-14-13-15-12-8-6-7-10(3)17(12)16-13/h6-8,11H,4-5,9H2,1-3H3,(H,14,16). The fourth-order valence-corrected chi connectivity index (χ4v) is 1.92. The number of nitrogens with one attached hydrogen (secondary N) is 1. The number of aryl methyl sites for hydroxylation is 1. The highest BCUT2D eigenvalue weighted by molar-refractivity contribution is 5.44. The van der Waals surface area contributed by atoms with E-state index in [2.05, 4.69) is 29.2 Å². The predicted molar refractivity (Wildman–Crippen MR) is 70.3 cm³/mol. The fourth-order valence-electron chi connectivity index (χ4n) is 1.92. The molecule has 0 aliphatic heterocycles. The first-order chi connectivity index (χ1) is 8.24. The Kier molecular flexibility index (Phi) is 3.61. The molecule has 0 radical (unpaired) electrons. The van der Waals surface area contributed by atoms with E-state index in [-0.39, 0.29) is 0 Å². The van der Waals surface area contributed by atoms with E-state index in [1.165, 1.54) is 12.8 Å². The fraction of sp³-hybridized carbons (Fsp3) is 0.538. The second kappa shape index (κ2) is 5.17. The van der Waals surface area contributed by atoms with E-state index in [1.807, 2.05) is 29.6 Å². The summed E-state index contributed by atoms with van der Waals surface area (Å²) in [6.45, 7) is 7.42. The lowest BCUT2D eigenvalue weighted by molar-refractivity contribution is 0.517. The van der Waals surface area contributed by atoms with Crippen molar-refractivity contribution >= 4 is 11.6 Å². The molecule has 0 aliphatic rings. The molecule has 4 heteroatoms. The van der Waals surface area contributed by atoms with Gasteiger partial charge in [-0.3, -0.25) is 0 Å². The average molecular weight is 232 g/mol. The van der Waals surface area contributed by atoms with Crippen molar-refractivity contribution in [2.24, 2.45) is 5.92 Å². The molecule has 2 heterocycles. The summed E-state index contributed by atoms with van der Waals surface area (Å²) >= 11 is 0. The third-order valence-electron chi connectivity index (χ3n) is 3.25. The number of pyridine rings is 1. The summed E-state index contributed by atoms with van der Waals surface area (Å²) in [5.41, 5.74) is 2.00. The second-order valence-electron chi connectivity index (χ2n) is 4.44. The van der Waals surface area contributed by atoms with E-state index >= 15 is 0 Å². The van der Waals surface area contributed by atoms with Crippen LogP contribution in [0.3, 0.4) is 0 Å². The van der Waals surface area contributed by atoms with Crippen molar-refractivity contribution < 1.29 is 0 Å². The van der Waals surface area contributed by atoms with Crippen LogP contribution in [0.4, 0.5) is 5.95 Å². The number of nitrogens with zero attached hydrogens (tertiary/aromatic N) is 3. The van der Waals surface area contributed by atoms with E-state index in [1.54, 1.807) is 0 Å². The van der Waals surface area contributed by atoms with Gasteiger partial charge in [-0.05, 0) is 25.0 Å². The third-order valence-corrected chi connectivity index (χ3v) is 3.25. The normalized spacial score (nSPS) is 11.3. The number of hydrogen-bond donors (Lipinski definition) is 1. The zero-order valence-corrected chi connectivity index (χ0v) is 10.8. The molecule has 0 bridgehead atoms. The molecule has 2 aromatic rings. The van der Waals surface area contributed by atoms with Crippen LogP contribution in [0.15, 0.2) is 18.2 Å². The minimum atomic E-state index is 0.697. The molecule has 0 fully saturated rings. The van der Waals surface area contributed by atoms with Crippen LogP contribution >= 0.6 is 0 Å². The van der Waals surface area contributed by atoms with Crippen LogP contribution in [0.25, 0.3) is 5.65 Å². The largest absolute Gasteiger partial charge is 0.353 e. The van der Waals surface area contributed by atoms with Gasteiger partial charge in [0.1, 0.15) is 0 Å². The monoisotopic (exact) mass is 232 g/mol. The quantitative estimate of drug-likeness (QED) is 0.862. The lowest BCUT2D eigenvalue weighted by Crippen LogP contribution is -2.13. The molecule has 0 atom stereocenters. The Morgan fingerprint density at radius 2 is 2.06 bits per heavy atom. The topological polar surface area (TPSA) is 42.2 Å². The Balaban J connectivity index is 2.12. The molecule has 4 nitrogen and oxygen atoms in total. The molecule has 0 amide bonds. The molecule has 0 saturated heterocycles. The molecule has 0 aromatic carbocycles. The third kappa shape index (κ3) is 2.57. The Bertz CT molecular complexity index is 485. The second-order valence-corrected chi connectivity index (χ2v) is 4.44. The Morgan fingerprint density at radius 1 is 1.29 bits per heavy atom. The van der Waals surface area contributed by atoms with Crippen molar-refractivity contribution in [2.45, 2.75) is 33.6 Å². The van der Waals surface area contributed by atoms with Gasteiger partial charge in [-0.25, -0.2) is 4.52 Å². The first kappa shape index (κ1) is 11.9. The summed E-state index contributed by atoms with van der Waals surface area (Å²) in [6.07, 6.45) is 2.38. The molecule has 0 spiro atoms. The van der Waals surface area contributed by atoms with Gasteiger partial charge in [0, 0.05) is 12.2 Å². The summed E-state index contributed by atoms with van der Waals surface area (Å²) < 4.78 is 1.87. The van der Waals surface area contributed by atoms with E-state index in [9.17, 15) is 0 Å². The highest BCUT2D eigenvalue weighted by Gasteiger charge is 2.07. The Hall–Kier alpha value is -1.58. The molecule has 2 aromatic heterocycles. The molecular weight excluding hydrogens is 212 g/mol. The van der Waals surface area contributed by atoms with E-state index in [0.29, 0.717) is 5.92 Å². The van der Waals surface area contributed by atoms with Gasteiger partial charge in [-0.2, -0.15) is 4.98 Å². The van der Waals surface area contributed by atoms with Gasteiger partial charge in [0.25, 0.3) is 0 Å². The van der Waals surface area contributed by atoms with Crippen molar-refractivity contribution in [1.82, 2.24) is 14.6 Å². The molecule has 92 valence electrons. The highest BCUT2D eigenvalue weighted by atomic mass is 15.3. The number of rotatable bonds is 5. The van der Waals surface area contributed by atoms with Gasteiger partial charge in [0.2, 0.25) is 5.95 Å². The number of fused-ring (bicyclic) bond motifs is 1. The van der Waals surface area contributed by atoms with Gasteiger partial charge < -0.3 is 5.32 Å². The molecule has 0 aliphatic carbocycles. The predicted octanol–water partition coefficient (Wildman–Crippen LogP) is 2.89. The SMILES string of the molecule is CCC(CC)CNc1nc2cccc(C)n2n1. The van der Waals surface area contributed by atoms with Crippen LogP contribution in [0.2, 0.25) is 0 Å². The van der Waals surface area contributed by atoms with Gasteiger partial charge in [-0.15, -0.1) is 5.10 Å². The van der Waals surface area contributed by atoms with Gasteiger partial charge in [-0.1, -0.05) is 32.8 Å². The first-order valence-corrected chi connectivity index (χ1v) is 6.30. The number of hydrogen-bond acceptors (Lipinski definition) is 3. The maximum absolute atomic E-state index is 4.45. The summed E-state index contributed by atoms with van der Waals surface area (Å²) in [5, 5.41) is 7.77. The van der Waals surface area contributed by atoms with E-state index < -0.39 is 0 Å². The van der Waals surface area contributed by atoms with Crippen molar-refractivity contribution in [3.8, 4) is 0 Å². The molecule has 0 saturated carbocycles. The van der Waals surface area contributed by atoms with Crippen molar-refractivity contribution in [1.29, 1.82) is 0 Å². The van der Waals surface area contributed by atoms with Crippen LogP contribution < -0.4 is 5.32 Å². The van der Waals surface area contributed by atoms with E-state index in [4.69, 9.17) is 0 Å². The molecule has 1 N–H and O–H groups in total. The minimum Gasteiger partial charge on any atom is -0.353 e. The van der Waals surface area contributed by atoms with Crippen LogP contribution in [-0.2, 0) is 0 Å². The summed E-state index contributed by atoms with van der Waals surface area (Å²) in [5.74, 6) is 1.42. The van der Waals surface area contributed by atoms with Crippen molar-refractivity contribution in [2.75, 3.05) is 11.9 Å². The maximum atomic E-state index is 4.45. The molecular formula is C13H20N4.